The van der Waals surface area contributed by atoms with Crippen LogP contribution >= 0.6 is 0 Å². The van der Waals surface area contributed by atoms with Crippen molar-refractivity contribution in [2.45, 2.75) is 124 Å². The fourth-order valence-electron chi connectivity index (χ4n) is 3.14. The highest BCUT2D eigenvalue weighted by molar-refractivity contribution is 5.14. The van der Waals surface area contributed by atoms with Gasteiger partial charge in [-0.25, -0.2) is 0 Å². The molecule has 0 aliphatic heterocycles. The Morgan fingerprint density at radius 3 is 1.20 bits per heavy atom. The minimum atomic E-state index is 1.26. The second kappa shape index (κ2) is 21.3. The van der Waals surface area contributed by atoms with E-state index in [0.717, 1.165) is 0 Å². The molecule has 25 heavy (non-hydrogen) atoms. The molecule has 0 N–H and O–H groups in total. The van der Waals surface area contributed by atoms with Crippen LogP contribution < -0.4 is 0 Å². The predicted molar refractivity (Wildman–Crippen MR) is 116 cm³/mol. The molecule has 0 aliphatic carbocycles. The largest absolute Gasteiger partial charge is 0.0654 e. The molecule has 0 aromatic heterocycles. The van der Waals surface area contributed by atoms with Crippen LogP contribution in [0.1, 0.15) is 123 Å². The first kappa shape index (κ1) is 24.2. The van der Waals surface area contributed by atoms with Crippen LogP contribution in [0.15, 0.2) is 30.3 Å². The summed E-state index contributed by atoms with van der Waals surface area (Å²) in [7, 11) is 0. The summed E-state index contributed by atoms with van der Waals surface area (Å²) in [5.41, 5.74) is 1.49. The number of hydrogen-bond acceptors (Lipinski definition) is 0. The average molecular weight is 347 g/mol. The zero-order valence-electron chi connectivity index (χ0n) is 17.7. The molecule has 1 aromatic rings. The summed E-state index contributed by atoms with van der Waals surface area (Å²) in [4.78, 5) is 0. The van der Waals surface area contributed by atoms with Gasteiger partial charge in [-0.2, -0.15) is 0 Å². The summed E-state index contributed by atoms with van der Waals surface area (Å²) < 4.78 is 0. The summed E-state index contributed by atoms with van der Waals surface area (Å²) in [6.07, 6.45) is 22.5. The first-order valence-corrected chi connectivity index (χ1v) is 11.4. The normalized spacial score (nSPS) is 10.4. The van der Waals surface area contributed by atoms with Gasteiger partial charge in [0.05, 0.1) is 0 Å². The van der Waals surface area contributed by atoms with E-state index in [1.54, 1.807) is 0 Å². The molecule has 0 amide bonds. The van der Waals surface area contributed by atoms with Gasteiger partial charge < -0.3 is 0 Å². The van der Waals surface area contributed by atoms with Crippen molar-refractivity contribution in [3.8, 4) is 0 Å². The van der Waals surface area contributed by atoms with Gasteiger partial charge >= 0.3 is 0 Å². The van der Waals surface area contributed by atoms with Crippen LogP contribution in [0.25, 0.3) is 0 Å². The van der Waals surface area contributed by atoms with E-state index in [0.29, 0.717) is 0 Å². The van der Waals surface area contributed by atoms with Crippen LogP contribution in [-0.4, -0.2) is 0 Å². The highest BCUT2D eigenvalue weighted by Gasteiger charge is 1.93. The van der Waals surface area contributed by atoms with E-state index in [2.05, 4.69) is 51.1 Å². The minimum Gasteiger partial charge on any atom is -0.0654 e. The number of rotatable bonds is 15. The Morgan fingerprint density at radius 1 is 0.440 bits per heavy atom. The van der Waals surface area contributed by atoms with Crippen molar-refractivity contribution in [2.24, 2.45) is 0 Å². The molecule has 0 aliphatic rings. The molecule has 0 saturated carbocycles. The van der Waals surface area contributed by atoms with Crippen molar-refractivity contribution in [1.29, 1.82) is 0 Å². The van der Waals surface area contributed by atoms with E-state index in [-0.39, 0.29) is 0 Å². The van der Waals surface area contributed by atoms with Gasteiger partial charge in [-0.15, -0.1) is 0 Å². The third-order valence-corrected chi connectivity index (χ3v) is 4.87. The van der Waals surface area contributed by atoms with Gasteiger partial charge in [0, 0.05) is 0 Å². The first-order valence-electron chi connectivity index (χ1n) is 11.4. The molecule has 0 heterocycles. The van der Waals surface area contributed by atoms with Crippen LogP contribution in [0.4, 0.5) is 0 Å². The van der Waals surface area contributed by atoms with Crippen molar-refractivity contribution >= 4 is 0 Å². The lowest BCUT2D eigenvalue weighted by atomic mass is 10.0. The number of benzene rings is 1. The first-order chi connectivity index (χ1) is 12.3. The molecule has 0 atom stereocenters. The van der Waals surface area contributed by atoms with Gasteiger partial charge in [0.25, 0.3) is 0 Å². The Bertz CT molecular complexity index is 319. The number of hydrogen-bond donors (Lipinski definition) is 0. The smallest absolute Gasteiger partial charge is 0.0279 e. The van der Waals surface area contributed by atoms with Crippen molar-refractivity contribution in [3.05, 3.63) is 35.9 Å². The molecule has 0 unspecified atom stereocenters. The highest BCUT2D eigenvalue weighted by atomic mass is 14.0. The Labute approximate surface area is 159 Å². The summed E-state index contributed by atoms with van der Waals surface area (Å²) >= 11 is 0. The van der Waals surface area contributed by atoms with E-state index >= 15 is 0 Å². The molecule has 1 rings (SSSR count). The molecule has 1 aromatic carbocycles. The lowest BCUT2D eigenvalue weighted by molar-refractivity contribution is 0.585. The summed E-state index contributed by atoms with van der Waals surface area (Å²) in [6.45, 7) is 6.81. The molecule has 0 nitrogen and oxygen atoms in total. The van der Waals surface area contributed by atoms with Gasteiger partial charge in [-0.05, 0) is 18.4 Å². The number of aryl methyl sites for hydroxylation is 1. The molecule has 0 saturated heterocycles. The van der Waals surface area contributed by atoms with Crippen LogP contribution in [0, 0.1) is 0 Å². The van der Waals surface area contributed by atoms with Gasteiger partial charge in [-0.1, -0.05) is 141 Å². The van der Waals surface area contributed by atoms with Gasteiger partial charge in [0.2, 0.25) is 0 Å². The van der Waals surface area contributed by atoms with Gasteiger partial charge in [0.15, 0.2) is 0 Å². The monoisotopic (exact) mass is 346 g/mol. The van der Waals surface area contributed by atoms with E-state index in [1.165, 1.54) is 108 Å². The second-order valence-electron chi connectivity index (χ2n) is 7.48. The SMILES string of the molecule is CCCCCCCCCC.CCCCCCCCCc1ccccc1. The minimum absolute atomic E-state index is 1.26. The van der Waals surface area contributed by atoms with Crippen LogP contribution in [0.5, 0.6) is 0 Å². The molecule has 0 heteroatoms. The van der Waals surface area contributed by atoms with Crippen LogP contribution in [0.3, 0.4) is 0 Å². The Hall–Kier alpha value is -0.780. The Balaban J connectivity index is 0.000000504. The van der Waals surface area contributed by atoms with Gasteiger partial charge in [-0.3, -0.25) is 0 Å². The summed E-state index contributed by atoms with van der Waals surface area (Å²) in [6, 6.07) is 10.8. The van der Waals surface area contributed by atoms with Crippen molar-refractivity contribution in [1.82, 2.24) is 0 Å². The maximum Gasteiger partial charge on any atom is -0.0279 e. The standard InChI is InChI=1S/C15H24.C10H22/c1-2-3-4-5-6-7-9-12-15-13-10-8-11-14-15;1-3-5-7-9-10-8-6-4-2/h8,10-11,13-14H,2-7,9,12H2,1H3;3-10H2,1-2H3. The van der Waals surface area contributed by atoms with Crippen molar-refractivity contribution < 1.29 is 0 Å². The zero-order chi connectivity index (χ0) is 18.4. The molecule has 0 bridgehead atoms. The van der Waals surface area contributed by atoms with Crippen molar-refractivity contribution in [2.75, 3.05) is 0 Å². The maximum atomic E-state index is 2.27. The number of unbranched alkanes of at least 4 members (excludes halogenated alkanes) is 13. The molecule has 0 spiro atoms. The lowest BCUT2D eigenvalue weighted by Crippen LogP contribution is -1.85. The Morgan fingerprint density at radius 2 is 0.800 bits per heavy atom. The molecule has 146 valence electrons. The van der Waals surface area contributed by atoms with Crippen LogP contribution in [0.2, 0.25) is 0 Å². The average Bonchev–Trinajstić information content (AvgIpc) is 2.65. The fraction of sp³-hybridized carbons (Fsp3) is 0.760. The third kappa shape index (κ3) is 19.4. The van der Waals surface area contributed by atoms with E-state index in [9.17, 15) is 0 Å². The topological polar surface area (TPSA) is 0 Å². The third-order valence-electron chi connectivity index (χ3n) is 4.87. The second-order valence-corrected chi connectivity index (χ2v) is 7.48. The summed E-state index contributed by atoms with van der Waals surface area (Å²) in [5.74, 6) is 0. The quantitative estimate of drug-likeness (QED) is 0.278. The molecule has 0 fully saturated rings. The molecular weight excluding hydrogens is 300 g/mol. The Kier molecular flexibility index (Phi) is 20.6. The van der Waals surface area contributed by atoms with Gasteiger partial charge in [0.1, 0.15) is 0 Å². The zero-order valence-corrected chi connectivity index (χ0v) is 17.7. The fourth-order valence-corrected chi connectivity index (χ4v) is 3.14. The van der Waals surface area contributed by atoms with E-state index in [4.69, 9.17) is 0 Å². The highest BCUT2D eigenvalue weighted by Crippen LogP contribution is 2.10. The van der Waals surface area contributed by atoms with E-state index < -0.39 is 0 Å². The van der Waals surface area contributed by atoms with Crippen LogP contribution in [-0.2, 0) is 6.42 Å². The predicted octanol–water partition coefficient (Wildman–Crippen LogP) is 9.13. The lowest BCUT2D eigenvalue weighted by Gasteiger charge is -2.01. The van der Waals surface area contributed by atoms with Crippen molar-refractivity contribution in [3.63, 3.8) is 0 Å². The molecular formula is C25H46. The van der Waals surface area contributed by atoms with E-state index in [1.807, 2.05) is 0 Å². The maximum absolute atomic E-state index is 2.27. The molecule has 0 radical (unpaired) electrons. The summed E-state index contributed by atoms with van der Waals surface area (Å²) in [5, 5.41) is 0.